The molecular formula is C15H23ClN2O3S. The Morgan fingerprint density at radius 1 is 1.64 bits per heavy atom. The number of β-amino-alcohol motifs (C(OH)–C–C–N with tert-alkyl or cyclic N) is 1. The van der Waals surface area contributed by atoms with Gasteiger partial charge < -0.3 is 15.9 Å². The zero-order chi connectivity index (χ0) is 16.3. The van der Waals surface area contributed by atoms with Crippen LogP contribution >= 0.6 is 22.9 Å². The summed E-state index contributed by atoms with van der Waals surface area (Å²) < 4.78 is 0.762. The van der Waals surface area contributed by atoms with E-state index >= 15 is 0 Å². The number of aliphatic hydroxyl groups excluding tert-OH is 2. The highest BCUT2D eigenvalue weighted by atomic mass is 35.5. The molecule has 1 amide bonds. The highest BCUT2D eigenvalue weighted by Gasteiger charge is 2.30. The molecule has 0 aromatic carbocycles. The first-order valence-corrected chi connectivity index (χ1v) is 8.72. The number of primary amides is 1. The number of carbonyl (C=O) groups is 1. The molecule has 5 nitrogen and oxygen atoms in total. The molecule has 2 heterocycles. The minimum absolute atomic E-state index is 0.124. The predicted molar refractivity (Wildman–Crippen MR) is 88.3 cm³/mol. The number of nitrogens with zero attached hydrogens (tertiary/aromatic N) is 1. The minimum Gasteiger partial charge on any atom is -0.396 e. The summed E-state index contributed by atoms with van der Waals surface area (Å²) in [5.74, 6) is -0.263. The number of rotatable bonds is 6. The molecule has 2 rings (SSSR count). The van der Waals surface area contributed by atoms with Gasteiger partial charge in [-0.05, 0) is 50.3 Å². The fourth-order valence-electron chi connectivity index (χ4n) is 3.11. The average molecular weight is 347 g/mol. The molecule has 3 atom stereocenters. The number of nitrogens with two attached hydrogens (primary N) is 1. The summed E-state index contributed by atoms with van der Waals surface area (Å²) in [5.41, 5.74) is 6.26. The molecule has 3 unspecified atom stereocenters. The van der Waals surface area contributed by atoms with Crippen molar-refractivity contribution in [3.63, 3.8) is 0 Å². The van der Waals surface area contributed by atoms with E-state index in [-0.39, 0.29) is 19.2 Å². The van der Waals surface area contributed by atoms with Gasteiger partial charge in [0.25, 0.3) is 0 Å². The van der Waals surface area contributed by atoms with Crippen molar-refractivity contribution in [1.29, 1.82) is 0 Å². The van der Waals surface area contributed by atoms with Crippen LogP contribution in [-0.4, -0.2) is 52.9 Å². The second-order valence-electron chi connectivity index (χ2n) is 5.90. The smallest absolute Gasteiger partial charge is 0.247 e. The third-order valence-corrected chi connectivity index (χ3v) is 5.78. The predicted octanol–water partition coefficient (Wildman–Crippen LogP) is 1.35. The molecule has 1 aromatic heterocycles. The monoisotopic (exact) mass is 346 g/mol. The molecule has 4 N–H and O–H groups in total. The lowest BCUT2D eigenvalue weighted by molar-refractivity contribution is -0.127. The lowest BCUT2D eigenvalue weighted by Gasteiger charge is -2.38. The second-order valence-corrected chi connectivity index (χ2v) is 7.61. The number of piperidine rings is 1. The van der Waals surface area contributed by atoms with Gasteiger partial charge in [0.15, 0.2) is 0 Å². The molecule has 1 aromatic rings. The molecule has 0 saturated carbocycles. The Bertz CT molecular complexity index is 523. The Morgan fingerprint density at radius 3 is 2.95 bits per heavy atom. The number of aliphatic hydroxyl groups is 2. The largest absolute Gasteiger partial charge is 0.396 e. The van der Waals surface area contributed by atoms with Gasteiger partial charge in [-0.15, -0.1) is 11.3 Å². The molecule has 1 aliphatic rings. The van der Waals surface area contributed by atoms with Gasteiger partial charge in [0.2, 0.25) is 5.91 Å². The van der Waals surface area contributed by atoms with Crippen molar-refractivity contribution >= 4 is 28.8 Å². The van der Waals surface area contributed by atoms with E-state index < -0.39 is 12.0 Å². The summed E-state index contributed by atoms with van der Waals surface area (Å²) in [6.07, 6.45) is 1.42. The summed E-state index contributed by atoms with van der Waals surface area (Å²) in [7, 11) is 0. The van der Waals surface area contributed by atoms with Gasteiger partial charge in [0.1, 0.15) is 6.10 Å². The SMILES string of the molecule is CC1CC(c2sc(Cl)cc2CCO)CCN1CC(O)C(N)=O. The van der Waals surface area contributed by atoms with Crippen LogP contribution in [0.15, 0.2) is 6.07 Å². The van der Waals surface area contributed by atoms with E-state index in [1.54, 1.807) is 11.3 Å². The Labute approximate surface area is 139 Å². The fourth-order valence-corrected chi connectivity index (χ4v) is 4.58. The van der Waals surface area contributed by atoms with Crippen LogP contribution in [0.25, 0.3) is 0 Å². The maximum Gasteiger partial charge on any atom is 0.247 e. The Morgan fingerprint density at radius 2 is 2.36 bits per heavy atom. The van der Waals surface area contributed by atoms with Crippen molar-refractivity contribution in [3.8, 4) is 0 Å². The van der Waals surface area contributed by atoms with Gasteiger partial charge in [0, 0.05) is 24.1 Å². The van der Waals surface area contributed by atoms with Crippen molar-refractivity contribution in [1.82, 2.24) is 4.90 Å². The summed E-state index contributed by atoms with van der Waals surface area (Å²) >= 11 is 7.73. The maximum absolute atomic E-state index is 11.0. The summed E-state index contributed by atoms with van der Waals surface area (Å²) in [6.45, 7) is 3.32. The third-order valence-electron chi connectivity index (χ3n) is 4.31. The lowest BCUT2D eigenvalue weighted by Crippen LogP contribution is -2.47. The van der Waals surface area contributed by atoms with Crippen LogP contribution in [0, 0.1) is 0 Å². The molecular weight excluding hydrogens is 324 g/mol. The molecule has 124 valence electrons. The van der Waals surface area contributed by atoms with E-state index in [4.69, 9.17) is 17.3 Å². The number of carbonyl (C=O) groups excluding carboxylic acids is 1. The van der Waals surface area contributed by atoms with Crippen LogP contribution in [0.2, 0.25) is 4.34 Å². The summed E-state index contributed by atoms with van der Waals surface area (Å²) in [4.78, 5) is 14.4. The number of thiophene rings is 1. The number of hydrogen-bond donors (Lipinski definition) is 3. The maximum atomic E-state index is 11.0. The molecule has 7 heteroatoms. The number of halogens is 1. The van der Waals surface area contributed by atoms with Gasteiger partial charge in [-0.2, -0.15) is 0 Å². The summed E-state index contributed by atoms with van der Waals surface area (Å²) in [5, 5.41) is 18.8. The highest BCUT2D eigenvalue weighted by molar-refractivity contribution is 7.16. The third kappa shape index (κ3) is 4.20. The first-order chi connectivity index (χ1) is 10.4. The van der Waals surface area contributed by atoms with Crippen molar-refractivity contribution in [2.75, 3.05) is 19.7 Å². The molecule has 0 bridgehead atoms. The topological polar surface area (TPSA) is 86.8 Å². The van der Waals surface area contributed by atoms with E-state index in [1.165, 1.54) is 4.88 Å². The Hall–Kier alpha value is -0.660. The van der Waals surface area contributed by atoms with Gasteiger partial charge in [0.05, 0.1) is 4.34 Å². The zero-order valence-electron chi connectivity index (χ0n) is 12.7. The minimum atomic E-state index is -1.11. The standard InChI is InChI=1S/C15H23ClN2O3S/c1-9-6-10(2-4-18(9)8-12(20)15(17)21)14-11(3-5-19)7-13(16)22-14/h7,9-10,12,19-20H,2-6,8H2,1H3,(H2,17,21). The van der Waals surface area contributed by atoms with E-state index in [0.29, 0.717) is 12.3 Å². The average Bonchev–Trinajstić information content (AvgIpc) is 2.82. The van der Waals surface area contributed by atoms with E-state index in [1.807, 2.05) is 6.07 Å². The molecule has 0 radical (unpaired) electrons. The molecule has 0 spiro atoms. The lowest BCUT2D eigenvalue weighted by atomic mass is 9.88. The van der Waals surface area contributed by atoms with Gasteiger partial charge in [-0.25, -0.2) is 0 Å². The van der Waals surface area contributed by atoms with E-state index in [2.05, 4.69) is 11.8 Å². The van der Waals surface area contributed by atoms with Gasteiger partial charge in [-0.1, -0.05) is 11.6 Å². The van der Waals surface area contributed by atoms with Crippen LogP contribution in [0.1, 0.15) is 36.1 Å². The quantitative estimate of drug-likeness (QED) is 0.725. The van der Waals surface area contributed by atoms with Crippen LogP contribution in [-0.2, 0) is 11.2 Å². The first-order valence-electron chi connectivity index (χ1n) is 7.52. The fraction of sp³-hybridized carbons (Fsp3) is 0.667. The molecule has 1 aliphatic heterocycles. The molecule has 1 saturated heterocycles. The van der Waals surface area contributed by atoms with Crippen LogP contribution in [0.4, 0.5) is 0 Å². The zero-order valence-corrected chi connectivity index (χ0v) is 14.2. The summed E-state index contributed by atoms with van der Waals surface area (Å²) in [6, 6.07) is 2.21. The molecule has 0 aliphatic carbocycles. The first kappa shape index (κ1) is 17.7. The normalized spacial score (nSPS) is 24.4. The van der Waals surface area contributed by atoms with E-state index in [9.17, 15) is 15.0 Å². The molecule has 22 heavy (non-hydrogen) atoms. The number of hydrogen-bond acceptors (Lipinski definition) is 5. The Kier molecular flexibility index (Phi) is 6.23. The van der Waals surface area contributed by atoms with Crippen LogP contribution in [0.5, 0.6) is 0 Å². The van der Waals surface area contributed by atoms with E-state index in [0.717, 1.165) is 29.3 Å². The van der Waals surface area contributed by atoms with Crippen molar-refractivity contribution in [2.45, 2.75) is 44.2 Å². The number of amides is 1. The van der Waals surface area contributed by atoms with Crippen LogP contribution < -0.4 is 5.73 Å². The van der Waals surface area contributed by atoms with Crippen molar-refractivity contribution in [2.24, 2.45) is 5.73 Å². The van der Waals surface area contributed by atoms with Crippen molar-refractivity contribution < 1.29 is 15.0 Å². The highest BCUT2D eigenvalue weighted by Crippen LogP contribution is 2.39. The van der Waals surface area contributed by atoms with Crippen LogP contribution in [0.3, 0.4) is 0 Å². The van der Waals surface area contributed by atoms with Crippen molar-refractivity contribution in [3.05, 3.63) is 20.8 Å². The number of likely N-dealkylation sites (tertiary alicyclic amines) is 1. The molecule has 1 fully saturated rings. The second kappa shape index (κ2) is 7.75. The van der Waals surface area contributed by atoms with Gasteiger partial charge in [-0.3, -0.25) is 9.69 Å². The Balaban J connectivity index is 2.02. The van der Waals surface area contributed by atoms with Gasteiger partial charge >= 0.3 is 0 Å².